The highest BCUT2D eigenvalue weighted by Gasteiger charge is 2.56. The van der Waals surface area contributed by atoms with Gasteiger partial charge in [0.1, 0.15) is 0 Å². The van der Waals surface area contributed by atoms with Crippen molar-refractivity contribution in [3.63, 3.8) is 0 Å². The first-order valence-electron chi connectivity index (χ1n) is 11.0. The summed E-state index contributed by atoms with van der Waals surface area (Å²) in [5.41, 5.74) is 2.20. The number of ether oxygens (including phenoxy) is 1. The van der Waals surface area contributed by atoms with Gasteiger partial charge >= 0.3 is 5.97 Å². The third-order valence-electron chi connectivity index (χ3n) is 8.99. The lowest BCUT2D eigenvalue weighted by Gasteiger charge is -2.57. The summed E-state index contributed by atoms with van der Waals surface area (Å²) in [6.07, 6.45) is 10.3. The van der Waals surface area contributed by atoms with Crippen LogP contribution in [0.4, 0.5) is 0 Å². The molecule has 3 fully saturated rings. The second-order valence-electron chi connectivity index (χ2n) is 10.3. The predicted molar refractivity (Wildman–Crippen MR) is 108 cm³/mol. The molecule has 0 radical (unpaired) electrons. The van der Waals surface area contributed by atoms with Crippen LogP contribution >= 0.6 is 0 Å². The number of fused-ring (bicyclic) bond motifs is 1. The molecule has 0 unspecified atom stereocenters. The fourth-order valence-electron chi connectivity index (χ4n) is 7.18. The van der Waals surface area contributed by atoms with Crippen LogP contribution in [0, 0.1) is 40.4 Å². The molecule has 0 bridgehead atoms. The lowest BCUT2D eigenvalue weighted by atomic mass is 9.48. The molecule has 148 valence electrons. The summed E-state index contributed by atoms with van der Waals surface area (Å²) in [4.78, 5) is 11.5. The molecule has 0 aromatic rings. The van der Waals surface area contributed by atoms with E-state index in [1.807, 2.05) is 0 Å². The molecular formula is C24H40O2. The van der Waals surface area contributed by atoms with Crippen molar-refractivity contribution < 1.29 is 9.53 Å². The molecule has 0 aromatic carbocycles. The predicted octanol–water partition coefficient (Wildman–Crippen LogP) is 6.40. The van der Waals surface area contributed by atoms with E-state index in [-0.39, 0.29) is 5.97 Å². The zero-order chi connectivity index (χ0) is 19.1. The average molecular weight is 361 g/mol. The van der Waals surface area contributed by atoms with Crippen molar-refractivity contribution >= 4 is 5.97 Å². The van der Waals surface area contributed by atoms with Gasteiger partial charge < -0.3 is 4.74 Å². The molecule has 7 atom stereocenters. The Morgan fingerprint density at radius 2 is 1.92 bits per heavy atom. The van der Waals surface area contributed by atoms with Gasteiger partial charge in [-0.05, 0) is 78.9 Å². The zero-order valence-corrected chi connectivity index (χ0v) is 17.8. The number of esters is 1. The van der Waals surface area contributed by atoms with Crippen LogP contribution in [0.5, 0.6) is 0 Å². The fourth-order valence-corrected chi connectivity index (χ4v) is 7.18. The minimum Gasteiger partial charge on any atom is -0.466 e. The largest absolute Gasteiger partial charge is 0.466 e. The van der Waals surface area contributed by atoms with E-state index in [0.29, 0.717) is 23.4 Å². The van der Waals surface area contributed by atoms with Gasteiger partial charge in [0.05, 0.1) is 6.61 Å². The fraction of sp³-hybridized carbons (Fsp3) is 0.875. The number of rotatable bonds is 4. The highest BCUT2D eigenvalue weighted by atomic mass is 16.5. The zero-order valence-electron chi connectivity index (χ0n) is 17.8. The van der Waals surface area contributed by atoms with E-state index in [0.717, 1.165) is 23.7 Å². The van der Waals surface area contributed by atoms with E-state index in [4.69, 9.17) is 4.74 Å². The first-order chi connectivity index (χ1) is 12.2. The van der Waals surface area contributed by atoms with E-state index in [1.54, 1.807) is 6.92 Å². The Kier molecular flexibility index (Phi) is 5.62. The molecule has 26 heavy (non-hydrogen) atoms. The molecule has 0 saturated heterocycles. The molecule has 0 aliphatic heterocycles. The van der Waals surface area contributed by atoms with Gasteiger partial charge in [0.25, 0.3) is 0 Å². The van der Waals surface area contributed by atoms with Gasteiger partial charge in [-0.1, -0.05) is 52.7 Å². The second kappa shape index (κ2) is 7.32. The summed E-state index contributed by atoms with van der Waals surface area (Å²) >= 11 is 0. The summed E-state index contributed by atoms with van der Waals surface area (Å²) in [5.74, 6) is 3.52. The maximum absolute atomic E-state index is 11.5. The van der Waals surface area contributed by atoms with E-state index in [1.165, 1.54) is 56.9 Å². The summed E-state index contributed by atoms with van der Waals surface area (Å²) in [5, 5.41) is 0. The molecule has 0 heterocycles. The highest BCUT2D eigenvalue weighted by molar-refractivity contribution is 5.65. The Balaban J connectivity index is 1.86. The van der Waals surface area contributed by atoms with Crippen molar-refractivity contribution in [2.24, 2.45) is 40.4 Å². The van der Waals surface area contributed by atoms with Crippen LogP contribution in [0.2, 0.25) is 0 Å². The monoisotopic (exact) mass is 360 g/mol. The van der Waals surface area contributed by atoms with Crippen molar-refractivity contribution in [3.05, 3.63) is 12.2 Å². The van der Waals surface area contributed by atoms with Crippen molar-refractivity contribution in [2.45, 2.75) is 86.0 Å². The van der Waals surface area contributed by atoms with Gasteiger partial charge in [-0.3, -0.25) is 4.79 Å². The van der Waals surface area contributed by atoms with Gasteiger partial charge in [-0.2, -0.15) is 0 Å². The molecule has 3 saturated carbocycles. The van der Waals surface area contributed by atoms with Gasteiger partial charge in [-0.15, -0.1) is 0 Å². The lowest BCUT2D eigenvalue weighted by molar-refractivity contribution is -0.148. The van der Waals surface area contributed by atoms with E-state index >= 15 is 0 Å². The molecule has 2 nitrogen and oxygen atoms in total. The van der Waals surface area contributed by atoms with Gasteiger partial charge in [-0.25, -0.2) is 0 Å². The molecule has 3 aliphatic carbocycles. The van der Waals surface area contributed by atoms with Crippen molar-refractivity contribution in [1.82, 2.24) is 0 Å². The highest BCUT2D eigenvalue weighted by Crippen LogP contribution is 2.64. The minimum absolute atomic E-state index is 0.124. The van der Waals surface area contributed by atoms with E-state index < -0.39 is 0 Å². The van der Waals surface area contributed by atoms with Gasteiger partial charge in [0, 0.05) is 6.92 Å². The number of carbonyl (C=O) groups excluding carboxylic acids is 1. The molecule has 3 aliphatic rings. The normalized spacial score (nSPS) is 46.0. The summed E-state index contributed by atoms with van der Waals surface area (Å²) in [6.45, 7) is 16.4. The Bertz CT molecular complexity index is 552. The van der Waals surface area contributed by atoms with E-state index in [9.17, 15) is 4.79 Å². The molecule has 0 N–H and O–H groups in total. The average Bonchev–Trinajstić information content (AvgIpc) is 2.90. The Morgan fingerprint density at radius 3 is 2.58 bits per heavy atom. The van der Waals surface area contributed by atoms with Crippen LogP contribution < -0.4 is 0 Å². The van der Waals surface area contributed by atoms with Crippen LogP contribution in [0.15, 0.2) is 12.2 Å². The summed E-state index contributed by atoms with van der Waals surface area (Å²) < 4.78 is 5.56. The van der Waals surface area contributed by atoms with Crippen LogP contribution in [0.3, 0.4) is 0 Å². The Morgan fingerprint density at radius 1 is 1.19 bits per heavy atom. The quantitative estimate of drug-likeness (QED) is 0.428. The maximum Gasteiger partial charge on any atom is 0.302 e. The van der Waals surface area contributed by atoms with Crippen molar-refractivity contribution in [2.75, 3.05) is 6.61 Å². The molecule has 0 spiro atoms. The third kappa shape index (κ3) is 3.27. The van der Waals surface area contributed by atoms with Crippen LogP contribution in [-0.2, 0) is 9.53 Å². The molecule has 3 rings (SSSR count). The van der Waals surface area contributed by atoms with Crippen LogP contribution in [-0.4, -0.2) is 12.6 Å². The SMILES string of the molecule is C=C1CC[C@H]2[C@H](CC)[C@@H]([C@@]3(C)CC[C@H](C)C[C@@H]3COC(C)=O)CC[C@]12C. The number of allylic oxidation sites excluding steroid dienone is 1. The molecule has 2 heteroatoms. The second-order valence-corrected chi connectivity index (χ2v) is 10.3. The smallest absolute Gasteiger partial charge is 0.302 e. The first-order valence-corrected chi connectivity index (χ1v) is 11.0. The van der Waals surface area contributed by atoms with Gasteiger partial charge in [0.15, 0.2) is 0 Å². The summed E-state index contributed by atoms with van der Waals surface area (Å²) in [7, 11) is 0. The molecular weight excluding hydrogens is 320 g/mol. The summed E-state index contributed by atoms with van der Waals surface area (Å²) in [6, 6.07) is 0. The number of carbonyl (C=O) groups is 1. The first kappa shape index (κ1) is 20.0. The number of hydrogen-bond acceptors (Lipinski definition) is 2. The van der Waals surface area contributed by atoms with E-state index in [2.05, 4.69) is 34.3 Å². The molecule has 0 aromatic heterocycles. The van der Waals surface area contributed by atoms with Crippen molar-refractivity contribution in [3.8, 4) is 0 Å². The topological polar surface area (TPSA) is 26.3 Å². The van der Waals surface area contributed by atoms with Crippen molar-refractivity contribution in [1.29, 1.82) is 0 Å². The minimum atomic E-state index is -0.124. The van der Waals surface area contributed by atoms with Gasteiger partial charge in [0.2, 0.25) is 0 Å². The standard InChI is InChI=1S/C24H40O2/c1-7-20-21-9-8-17(3)23(21,5)13-11-22(20)24(6)12-10-16(2)14-19(24)15-26-18(4)25/h16,19-22H,3,7-15H2,1-2,4-6H3/t16-,19+,20-,21-,22-,23+,24-/m0/s1. The third-order valence-corrected chi connectivity index (χ3v) is 8.99. The van der Waals surface area contributed by atoms with Crippen LogP contribution in [0.25, 0.3) is 0 Å². The molecule has 0 amide bonds. The number of hydrogen-bond donors (Lipinski definition) is 0. The Labute approximate surface area is 161 Å². The maximum atomic E-state index is 11.5. The lowest BCUT2D eigenvalue weighted by Crippen LogP contribution is -2.50. The Hall–Kier alpha value is -0.790. The van der Waals surface area contributed by atoms with Crippen LogP contribution in [0.1, 0.15) is 86.0 Å².